The van der Waals surface area contributed by atoms with Gasteiger partial charge in [0.15, 0.2) is 11.2 Å². The number of carboxylic acids is 1. The Labute approximate surface area is 181 Å². The molecule has 3 rings (SSSR count). The number of ether oxygens (including phenoxy) is 2. The molecule has 0 aliphatic heterocycles. The molecule has 1 aromatic heterocycles. The molecule has 1 aliphatic carbocycles. The van der Waals surface area contributed by atoms with Gasteiger partial charge in [0.2, 0.25) is 0 Å². The summed E-state index contributed by atoms with van der Waals surface area (Å²) in [5.74, 6) is -4.67. The molecule has 0 amide bonds. The summed E-state index contributed by atoms with van der Waals surface area (Å²) in [6.07, 6.45) is 2.36. The summed E-state index contributed by atoms with van der Waals surface area (Å²) in [6.45, 7) is 2.04. The number of hydrogen-bond donors (Lipinski definition) is 1. The normalized spacial score (nSPS) is 21.1. The molecule has 28 heavy (non-hydrogen) atoms. The van der Waals surface area contributed by atoms with E-state index in [1.807, 2.05) is 6.92 Å². The van der Waals surface area contributed by atoms with Crippen LogP contribution in [-0.4, -0.2) is 29.6 Å². The smallest absolute Gasteiger partial charge is 0.542 e. The molecular formula is C19H16FNaO7. The number of fused-ring (bicyclic) bond motifs is 1. The number of aliphatic hydroxyl groups is 1. The number of aliphatic hydroxyl groups excluding tert-OH is 1. The van der Waals surface area contributed by atoms with Crippen molar-refractivity contribution in [2.75, 3.05) is 6.61 Å². The quantitative estimate of drug-likeness (QED) is 0.463. The topological polar surface area (TPSA) is 109 Å². The van der Waals surface area contributed by atoms with Crippen molar-refractivity contribution < 1.29 is 62.8 Å². The molecule has 1 N–H and O–H groups in total. The molecule has 1 aromatic carbocycles. The second-order valence-electron chi connectivity index (χ2n) is 5.89. The number of carboxylic acid groups (broad SMARTS) is 1. The summed E-state index contributed by atoms with van der Waals surface area (Å²) < 4.78 is 30.0. The summed E-state index contributed by atoms with van der Waals surface area (Å²) >= 11 is 0. The number of halogens is 1. The standard InChI is InChI=1S/C19H17FO7.Na/c1-2-8-25-19(7-6-11(20)9-16(19)22)27-14-5-3-4-13-17(14)12(21)10-15(26-13)18(23)24;/h3-7,9-10,16,22H,2,8H2,1H3,(H,23,24);/q;+1/p-1. The van der Waals surface area contributed by atoms with E-state index in [1.165, 1.54) is 24.3 Å². The van der Waals surface area contributed by atoms with Crippen LogP contribution in [0.2, 0.25) is 0 Å². The van der Waals surface area contributed by atoms with Crippen LogP contribution in [0.3, 0.4) is 0 Å². The Bertz CT molecular complexity index is 997. The van der Waals surface area contributed by atoms with Crippen molar-refractivity contribution in [1.82, 2.24) is 0 Å². The minimum Gasteiger partial charge on any atom is -0.542 e. The van der Waals surface area contributed by atoms with Gasteiger partial charge in [-0.15, -0.1) is 0 Å². The van der Waals surface area contributed by atoms with Crippen molar-refractivity contribution in [2.45, 2.75) is 25.2 Å². The van der Waals surface area contributed by atoms with Crippen molar-refractivity contribution in [3.05, 3.63) is 64.3 Å². The Morgan fingerprint density at radius 3 is 2.82 bits per heavy atom. The van der Waals surface area contributed by atoms with Crippen LogP contribution in [0.25, 0.3) is 11.0 Å². The maximum absolute atomic E-state index is 13.5. The van der Waals surface area contributed by atoms with Crippen molar-refractivity contribution >= 4 is 16.9 Å². The van der Waals surface area contributed by atoms with Crippen LogP contribution in [0.4, 0.5) is 4.39 Å². The number of rotatable bonds is 6. The molecule has 0 bridgehead atoms. The SMILES string of the molecule is CCCOC1(Oc2cccc3oc(C(=O)[O-])cc(=O)c23)C=CC(F)=CC1O.[Na+]. The second kappa shape index (κ2) is 9.02. The molecule has 2 aromatic rings. The molecule has 0 spiro atoms. The molecule has 142 valence electrons. The number of carbonyl (C=O) groups is 1. The molecule has 0 fully saturated rings. The molecule has 0 saturated carbocycles. The zero-order valence-corrected chi connectivity index (χ0v) is 17.3. The van der Waals surface area contributed by atoms with Crippen LogP contribution in [0.15, 0.2) is 57.5 Å². The fourth-order valence-electron chi connectivity index (χ4n) is 2.67. The number of hydrogen-bond acceptors (Lipinski definition) is 7. The van der Waals surface area contributed by atoms with Gasteiger partial charge >= 0.3 is 29.6 Å². The average Bonchev–Trinajstić information content (AvgIpc) is 2.62. The van der Waals surface area contributed by atoms with Gasteiger partial charge < -0.3 is 28.9 Å². The Balaban J connectivity index is 0.00000280. The van der Waals surface area contributed by atoms with Gasteiger partial charge in [0.1, 0.15) is 34.6 Å². The number of aromatic carboxylic acids is 1. The summed E-state index contributed by atoms with van der Waals surface area (Å²) in [4.78, 5) is 23.4. The molecule has 0 saturated heterocycles. The third-order valence-corrected chi connectivity index (χ3v) is 3.92. The molecule has 2 atom stereocenters. The van der Waals surface area contributed by atoms with Gasteiger partial charge in [0, 0.05) is 6.07 Å². The van der Waals surface area contributed by atoms with Gasteiger partial charge in [-0.25, -0.2) is 4.39 Å². The summed E-state index contributed by atoms with van der Waals surface area (Å²) in [5, 5.41) is 21.2. The van der Waals surface area contributed by atoms with E-state index in [0.29, 0.717) is 6.42 Å². The number of carbonyl (C=O) groups excluding carboxylic acids is 1. The molecule has 1 aliphatic rings. The van der Waals surface area contributed by atoms with E-state index in [4.69, 9.17) is 13.9 Å². The van der Waals surface area contributed by atoms with Crippen molar-refractivity contribution in [1.29, 1.82) is 0 Å². The fourth-order valence-corrected chi connectivity index (χ4v) is 2.67. The van der Waals surface area contributed by atoms with Gasteiger partial charge in [-0.2, -0.15) is 0 Å². The summed E-state index contributed by atoms with van der Waals surface area (Å²) in [5.41, 5.74) is -0.714. The minimum absolute atomic E-state index is 0. The van der Waals surface area contributed by atoms with E-state index < -0.39 is 34.9 Å². The zero-order chi connectivity index (χ0) is 19.6. The molecule has 1 heterocycles. The van der Waals surface area contributed by atoms with Crippen LogP contribution < -0.4 is 44.8 Å². The van der Waals surface area contributed by atoms with E-state index in [-0.39, 0.29) is 52.9 Å². The first-order chi connectivity index (χ1) is 12.9. The number of benzene rings is 1. The maximum Gasteiger partial charge on any atom is 1.00 e. The maximum atomic E-state index is 13.5. The Hall–Kier alpha value is -1.97. The first-order valence-corrected chi connectivity index (χ1v) is 8.22. The minimum atomic E-state index is -1.75. The first kappa shape index (κ1) is 22.3. The van der Waals surface area contributed by atoms with Gasteiger partial charge in [0.25, 0.3) is 5.79 Å². The van der Waals surface area contributed by atoms with E-state index in [9.17, 15) is 24.2 Å². The van der Waals surface area contributed by atoms with Gasteiger partial charge in [0.05, 0.1) is 6.61 Å². The summed E-state index contributed by atoms with van der Waals surface area (Å²) in [6, 6.07) is 5.08. The van der Waals surface area contributed by atoms with Gasteiger partial charge in [-0.05, 0) is 36.8 Å². The van der Waals surface area contributed by atoms with E-state index >= 15 is 0 Å². The molecule has 9 heteroatoms. The molecule has 0 radical (unpaired) electrons. The van der Waals surface area contributed by atoms with Gasteiger partial charge in [-0.1, -0.05) is 13.0 Å². The monoisotopic (exact) mass is 398 g/mol. The Kier molecular flexibility index (Phi) is 7.19. The Morgan fingerprint density at radius 1 is 1.43 bits per heavy atom. The fraction of sp³-hybridized carbons (Fsp3) is 0.263. The van der Waals surface area contributed by atoms with Crippen LogP contribution in [0.5, 0.6) is 5.75 Å². The Morgan fingerprint density at radius 2 is 2.18 bits per heavy atom. The third-order valence-electron chi connectivity index (χ3n) is 3.92. The van der Waals surface area contributed by atoms with Crippen molar-refractivity contribution in [3.8, 4) is 5.75 Å². The molecule has 2 unspecified atom stereocenters. The average molecular weight is 398 g/mol. The number of allylic oxidation sites excluding steroid dienone is 2. The van der Waals surface area contributed by atoms with Crippen molar-refractivity contribution in [2.24, 2.45) is 0 Å². The van der Waals surface area contributed by atoms with E-state index in [1.54, 1.807) is 0 Å². The van der Waals surface area contributed by atoms with Crippen LogP contribution >= 0.6 is 0 Å². The predicted octanol–water partition coefficient (Wildman–Crippen LogP) is -1.55. The molecule has 7 nitrogen and oxygen atoms in total. The largest absolute Gasteiger partial charge is 1.00 e. The third kappa shape index (κ3) is 4.37. The van der Waals surface area contributed by atoms with Crippen LogP contribution in [0, 0.1) is 0 Å². The second-order valence-corrected chi connectivity index (χ2v) is 5.89. The van der Waals surface area contributed by atoms with Crippen molar-refractivity contribution in [3.63, 3.8) is 0 Å². The first-order valence-electron chi connectivity index (χ1n) is 8.22. The predicted molar refractivity (Wildman–Crippen MR) is 90.8 cm³/mol. The molecular weight excluding hydrogens is 382 g/mol. The zero-order valence-electron chi connectivity index (χ0n) is 15.3. The summed E-state index contributed by atoms with van der Waals surface area (Å²) in [7, 11) is 0. The van der Waals surface area contributed by atoms with Crippen LogP contribution in [-0.2, 0) is 4.74 Å². The van der Waals surface area contributed by atoms with Gasteiger partial charge in [-0.3, -0.25) is 4.79 Å². The van der Waals surface area contributed by atoms with E-state index in [2.05, 4.69) is 0 Å². The van der Waals surface area contributed by atoms with Crippen LogP contribution in [0.1, 0.15) is 23.9 Å². The van der Waals surface area contributed by atoms with E-state index in [0.717, 1.165) is 18.2 Å².